The largest absolute Gasteiger partial charge is 0.382 e. The van der Waals surface area contributed by atoms with Gasteiger partial charge in [-0.2, -0.15) is 5.26 Å². The fourth-order valence-corrected chi connectivity index (χ4v) is 2.07. The highest BCUT2D eigenvalue weighted by molar-refractivity contribution is 7.89. The fourth-order valence-electron chi connectivity index (χ4n) is 1.08. The Morgan fingerprint density at radius 1 is 1.35 bits per heavy atom. The Hall–Kier alpha value is -1.46. The van der Waals surface area contributed by atoms with Crippen molar-refractivity contribution >= 4 is 10.0 Å². The predicted octanol–water partition coefficient (Wildman–Crippen LogP) is 0.415. The van der Waals surface area contributed by atoms with E-state index in [4.69, 9.17) is 14.8 Å². The lowest BCUT2D eigenvalue weighted by molar-refractivity contribution is 0.0438. The summed E-state index contributed by atoms with van der Waals surface area (Å²) in [5.74, 6) is 0. The summed E-state index contributed by atoms with van der Waals surface area (Å²) in [7, 11) is -2.36. The SMILES string of the molecule is COCCONS(=O)(=O)c1ccccc1C#N. The van der Waals surface area contributed by atoms with Gasteiger partial charge in [0.1, 0.15) is 11.0 Å². The monoisotopic (exact) mass is 256 g/mol. The molecule has 0 aliphatic carbocycles. The Morgan fingerprint density at radius 2 is 2.06 bits per heavy atom. The zero-order valence-corrected chi connectivity index (χ0v) is 10.0. The minimum atomic E-state index is -3.83. The molecule has 17 heavy (non-hydrogen) atoms. The summed E-state index contributed by atoms with van der Waals surface area (Å²) in [6, 6.07) is 7.68. The van der Waals surface area contributed by atoms with Crippen molar-refractivity contribution in [2.75, 3.05) is 20.3 Å². The van der Waals surface area contributed by atoms with Crippen LogP contribution in [0.5, 0.6) is 0 Å². The minimum Gasteiger partial charge on any atom is -0.382 e. The molecule has 7 heteroatoms. The molecule has 1 rings (SSSR count). The third kappa shape index (κ3) is 3.80. The fraction of sp³-hybridized carbons (Fsp3) is 0.300. The molecule has 0 radical (unpaired) electrons. The van der Waals surface area contributed by atoms with Crippen LogP contribution in [0.4, 0.5) is 0 Å². The zero-order chi connectivity index (χ0) is 12.7. The number of benzene rings is 1. The molecule has 6 nitrogen and oxygen atoms in total. The van der Waals surface area contributed by atoms with Crippen molar-refractivity contribution in [1.82, 2.24) is 4.89 Å². The summed E-state index contributed by atoms with van der Waals surface area (Å²) in [6.07, 6.45) is 0. The van der Waals surface area contributed by atoms with Gasteiger partial charge < -0.3 is 4.74 Å². The molecule has 0 atom stereocenters. The average Bonchev–Trinajstić information content (AvgIpc) is 2.34. The predicted molar refractivity (Wildman–Crippen MR) is 59.3 cm³/mol. The normalized spacial score (nSPS) is 11.1. The maximum atomic E-state index is 11.7. The highest BCUT2D eigenvalue weighted by atomic mass is 32.2. The van der Waals surface area contributed by atoms with Crippen LogP contribution in [0.3, 0.4) is 0 Å². The van der Waals surface area contributed by atoms with Crippen LogP contribution in [0.2, 0.25) is 0 Å². The quantitative estimate of drug-likeness (QED) is 0.588. The molecule has 0 saturated carbocycles. The summed E-state index contributed by atoms with van der Waals surface area (Å²) in [4.78, 5) is 6.54. The van der Waals surface area contributed by atoms with Crippen LogP contribution in [0.1, 0.15) is 5.56 Å². The van der Waals surface area contributed by atoms with Crippen molar-refractivity contribution in [2.45, 2.75) is 4.90 Å². The summed E-state index contributed by atoms with van der Waals surface area (Å²) >= 11 is 0. The topological polar surface area (TPSA) is 88.4 Å². The van der Waals surface area contributed by atoms with E-state index in [0.717, 1.165) is 0 Å². The van der Waals surface area contributed by atoms with Crippen molar-refractivity contribution in [2.24, 2.45) is 0 Å². The van der Waals surface area contributed by atoms with Gasteiger partial charge in [-0.05, 0) is 12.1 Å². The molecule has 0 unspecified atom stereocenters. The minimum absolute atomic E-state index is 0.0651. The van der Waals surface area contributed by atoms with Gasteiger partial charge in [0, 0.05) is 7.11 Å². The molecule has 1 N–H and O–H groups in total. The van der Waals surface area contributed by atoms with Gasteiger partial charge in [0.05, 0.1) is 18.8 Å². The van der Waals surface area contributed by atoms with Gasteiger partial charge in [-0.1, -0.05) is 17.0 Å². The molecule has 0 aliphatic rings. The molecule has 0 amide bonds. The molecule has 0 bridgehead atoms. The lowest BCUT2D eigenvalue weighted by Gasteiger charge is -2.07. The van der Waals surface area contributed by atoms with E-state index in [1.54, 1.807) is 12.1 Å². The van der Waals surface area contributed by atoms with Gasteiger partial charge >= 0.3 is 0 Å². The van der Waals surface area contributed by atoms with Gasteiger partial charge in [0.15, 0.2) is 0 Å². The molecular weight excluding hydrogens is 244 g/mol. The highest BCUT2D eigenvalue weighted by Crippen LogP contribution is 2.13. The van der Waals surface area contributed by atoms with Gasteiger partial charge in [-0.3, -0.25) is 4.84 Å². The van der Waals surface area contributed by atoms with Crippen LogP contribution >= 0.6 is 0 Å². The molecule has 92 valence electrons. The van der Waals surface area contributed by atoms with E-state index in [0.29, 0.717) is 0 Å². The van der Waals surface area contributed by atoms with Gasteiger partial charge in [-0.25, -0.2) is 8.42 Å². The maximum Gasteiger partial charge on any atom is 0.263 e. The standard InChI is InChI=1S/C10H12N2O4S/c1-15-6-7-16-12-17(13,14)10-5-3-2-4-9(10)8-11/h2-5,12H,6-7H2,1H3. The Balaban J connectivity index is 2.80. The zero-order valence-electron chi connectivity index (χ0n) is 9.21. The lowest BCUT2D eigenvalue weighted by Crippen LogP contribution is -2.26. The number of methoxy groups -OCH3 is 1. The lowest BCUT2D eigenvalue weighted by atomic mass is 10.2. The number of rotatable bonds is 6. The number of nitrogens with zero attached hydrogens (tertiary/aromatic N) is 1. The van der Waals surface area contributed by atoms with Crippen molar-refractivity contribution < 1.29 is 18.0 Å². The first-order chi connectivity index (χ1) is 8.11. The Morgan fingerprint density at radius 3 is 2.71 bits per heavy atom. The first-order valence-electron chi connectivity index (χ1n) is 4.73. The van der Waals surface area contributed by atoms with Crippen LogP contribution in [0, 0.1) is 11.3 Å². The van der Waals surface area contributed by atoms with Crippen molar-refractivity contribution in [1.29, 1.82) is 5.26 Å². The third-order valence-corrected chi connectivity index (χ3v) is 3.13. The van der Waals surface area contributed by atoms with E-state index < -0.39 is 10.0 Å². The summed E-state index contributed by atoms with van der Waals surface area (Å²) in [6.45, 7) is 0.354. The summed E-state index contributed by atoms with van der Waals surface area (Å²) in [5.41, 5.74) is 0.0651. The molecule has 0 heterocycles. The maximum absolute atomic E-state index is 11.7. The van der Waals surface area contributed by atoms with Crippen LogP contribution in [0.25, 0.3) is 0 Å². The highest BCUT2D eigenvalue weighted by Gasteiger charge is 2.17. The summed E-state index contributed by atoms with van der Waals surface area (Å²) in [5, 5.41) is 8.79. The first-order valence-corrected chi connectivity index (χ1v) is 6.22. The van der Waals surface area contributed by atoms with E-state index in [2.05, 4.69) is 0 Å². The van der Waals surface area contributed by atoms with Crippen molar-refractivity contribution in [3.63, 3.8) is 0 Å². The third-order valence-electron chi connectivity index (χ3n) is 1.86. The van der Waals surface area contributed by atoms with Crippen molar-refractivity contribution in [3.05, 3.63) is 29.8 Å². The van der Waals surface area contributed by atoms with Crippen LogP contribution in [0.15, 0.2) is 29.2 Å². The van der Waals surface area contributed by atoms with Crippen LogP contribution in [-0.2, 0) is 19.6 Å². The molecule has 0 aliphatic heterocycles. The molecule has 0 saturated heterocycles. The Labute approximate surface area is 99.8 Å². The number of ether oxygens (including phenoxy) is 1. The molecule has 0 fully saturated rings. The summed E-state index contributed by atoms with van der Waals surface area (Å²) < 4.78 is 28.2. The van der Waals surface area contributed by atoms with E-state index >= 15 is 0 Å². The van der Waals surface area contributed by atoms with E-state index in [1.165, 1.54) is 25.3 Å². The van der Waals surface area contributed by atoms with Crippen molar-refractivity contribution in [3.8, 4) is 6.07 Å². The molecule has 0 aromatic heterocycles. The smallest absolute Gasteiger partial charge is 0.263 e. The number of hydrogen-bond acceptors (Lipinski definition) is 5. The molecular formula is C10H12N2O4S. The Bertz CT molecular complexity index is 507. The van der Waals surface area contributed by atoms with E-state index in [-0.39, 0.29) is 23.7 Å². The number of hydrogen-bond donors (Lipinski definition) is 1. The Kier molecular flexibility index (Phi) is 5.06. The van der Waals surface area contributed by atoms with E-state index in [9.17, 15) is 8.42 Å². The second-order valence-corrected chi connectivity index (χ2v) is 4.65. The number of nitriles is 1. The van der Waals surface area contributed by atoms with Crippen LogP contribution in [-0.4, -0.2) is 28.7 Å². The van der Waals surface area contributed by atoms with Gasteiger partial charge in [-0.15, -0.1) is 0 Å². The van der Waals surface area contributed by atoms with Crippen LogP contribution < -0.4 is 4.89 Å². The second-order valence-electron chi connectivity index (χ2n) is 3.04. The number of sulfonamides is 1. The molecule has 1 aromatic rings. The van der Waals surface area contributed by atoms with Gasteiger partial charge in [0.2, 0.25) is 0 Å². The average molecular weight is 256 g/mol. The second kappa shape index (κ2) is 6.32. The molecule has 1 aromatic carbocycles. The first kappa shape index (κ1) is 13.6. The van der Waals surface area contributed by atoms with E-state index in [1.807, 2.05) is 4.89 Å². The molecule has 0 spiro atoms. The van der Waals surface area contributed by atoms with Gasteiger partial charge in [0.25, 0.3) is 10.0 Å². The number of nitrogens with one attached hydrogen (secondary N) is 1.